The average molecular weight is 599 g/mol. The molecule has 3 N–H and O–H groups in total. The van der Waals surface area contributed by atoms with Gasteiger partial charge in [0.25, 0.3) is 10.9 Å². The topological polar surface area (TPSA) is 122 Å². The quantitative estimate of drug-likeness (QED) is 0.244. The number of fused-ring (bicyclic) bond motifs is 1. The molecule has 3 aromatic heterocycles. The van der Waals surface area contributed by atoms with Crippen LogP contribution in [0.5, 0.6) is 0 Å². The number of anilines is 3. The number of piperidine rings is 1. The second-order valence-electron chi connectivity index (χ2n) is 11.7. The molecule has 1 aliphatic rings. The number of hydrogen-bond donors (Lipinski definition) is 2. The molecule has 226 valence electrons. The summed E-state index contributed by atoms with van der Waals surface area (Å²) in [6.07, 6.45) is 3.48. The van der Waals surface area contributed by atoms with E-state index in [0.29, 0.717) is 23.0 Å². The predicted molar refractivity (Wildman–Crippen MR) is 180 cm³/mol. The van der Waals surface area contributed by atoms with E-state index in [1.807, 2.05) is 42.5 Å². The van der Waals surface area contributed by atoms with Crippen molar-refractivity contribution in [3.8, 4) is 28.3 Å². The number of likely N-dealkylation sites (tertiary alicyclic amines) is 1. The fraction of sp³-hybridized carbons (Fsp3) is 0.229. The lowest BCUT2D eigenvalue weighted by molar-refractivity contribution is 0.211. The fourth-order valence-corrected chi connectivity index (χ4v) is 6.15. The van der Waals surface area contributed by atoms with Crippen LogP contribution in [0.2, 0.25) is 0 Å². The highest BCUT2D eigenvalue weighted by atomic mass is 16.2. The maximum Gasteiger partial charge on any atom is 0.253 e. The molecule has 10 nitrogen and oxygen atoms in total. The summed E-state index contributed by atoms with van der Waals surface area (Å²) in [5.41, 5.74) is 12.8. The van der Waals surface area contributed by atoms with Crippen molar-refractivity contribution in [2.24, 2.45) is 0 Å². The molecule has 1 aliphatic heterocycles. The van der Waals surface area contributed by atoms with Gasteiger partial charge in [0.1, 0.15) is 22.7 Å². The van der Waals surface area contributed by atoms with Crippen LogP contribution >= 0.6 is 0 Å². The van der Waals surface area contributed by atoms with E-state index < -0.39 is 10.9 Å². The summed E-state index contributed by atoms with van der Waals surface area (Å²) >= 11 is 0. The van der Waals surface area contributed by atoms with Crippen molar-refractivity contribution < 1.29 is 0 Å². The number of aromatic nitrogens is 4. The van der Waals surface area contributed by atoms with Crippen molar-refractivity contribution in [3.05, 3.63) is 111 Å². The highest BCUT2D eigenvalue weighted by Crippen LogP contribution is 2.32. The van der Waals surface area contributed by atoms with Crippen LogP contribution in [0.15, 0.2) is 94.6 Å². The number of imidazole rings is 1. The van der Waals surface area contributed by atoms with Crippen LogP contribution in [0.3, 0.4) is 0 Å². The van der Waals surface area contributed by atoms with Gasteiger partial charge < -0.3 is 16.0 Å². The van der Waals surface area contributed by atoms with E-state index in [-0.39, 0.29) is 6.04 Å². The molecule has 0 amide bonds. The van der Waals surface area contributed by atoms with Gasteiger partial charge in [0.05, 0.1) is 11.3 Å². The van der Waals surface area contributed by atoms with Crippen molar-refractivity contribution in [1.29, 1.82) is 0 Å². The standard InChI is InChI=1S/C35H34N8O2/c1-41(2)30-29(31(44)32(30)45)38-24-16-19-42(20-17-24)21-22-10-12-25(13-11-22)43-34(26-9-6-18-37-33(26)36)40-28-15-14-27(39-35(28)43)23-7-4-3-5-8-23/h3-15,18,24,38H,16-17,19-21H2,1-2H3,(H2,36,37). The number of benzene rings is 2. The Bertz CT molecular complexity index is 2050. The van der Waals surface area contributed by atoms with Crippen molar-refractivity contribution in [3.63, 3.8) is 0 Å². The number of pyridine rings is 2. The number of nitrogens with zero attached hydrogens (tertiary/aromatic N) is 6. The largest absolute Gasteiger partial charge is 0.383 e. The molecule has 10 heteroatoms. The maximum absolute atomic E-state index is 12.1. The van der Waals surface area contributed by atoms with Gasteiger partial charge in [-0.1, -0.05) is 42.5 Å². The van der Waals surface area contributed by atoms with Gasteiger partial charge in [0, 0.05) is 57.2 Å². The Kier molecular flexibility index (Phi) is 7.34. The average Bonchev–Trinajstić information content (AvgIpc) is 3.44. The van der Waals surface area contributed by atoms with E-state index in [1.54, 1.807) is 25.2 Å². The molecule has 1 saturated heterocycles. The van der Waals surface area contributed by atoms with Gasteiger partial charge in [-0.3, -0.25) is 19.1 Å². The summed E-state index contributed by atoms with van der Waals surface area (Å²) < 4.78 is 2.05. The Morgan fingerprint density at radius 3 is 2.36 bits per heavy atom. The summed E-state index contributed by atoms with van der Waals surface area (Å²) in [6.45, 7) is 2.61. The molecule has 0 atom stereocenters. The lowest BCUT2D eigenvalue weighted by Crippen LogP contribution is -2.44. The third-order valence-corrected chi connectivity index (χ3v) is 8.52. The van der Waals surface area contributed by atoms with Crippen molar-refractivity contribution >= 4 is 28.4 Å². The highest BCUT2D eigenvalue weighted by Gasteiger charge is 2.27. The van der Waals surface area contributed by atoms with E-state index in [9.17, 15) is 9.59 Å². The molecule has 6 aromatic rings. The summed E-state index contributed by atoms with van der Waals surface area (Å²) in [4.78, 5) is 42.5. The molecule has 0 radical (unpaired) electrons. The summed E-state index contributed by atoms with van der Waals surface area (Å²) in [5, 5.41) is 3.34. The van der Waals surface area contributed by atoms with E-state index in [4.69, 9.17) is 15.7 Å². The Morgan fingerprint density at radius 1 is 0.889 bits per heavy atom. The third-order valence-electron chi connectivity index (χ3n) is 8.52. The van der Waals surface area contributed by atoms with Gasteiger partial charge in [-0.2, -0.15) is 0 Å². The molecule has 0 spiro atoms. The van der Waals surface area contributed by atoms with Gasteiger partial charge in [0.15, 0.2) is 11.5 Å². The molecule has 7 rings (SSSR count). The minimum absolute atomic E-state index is 0.173. The molecule has 1 fully saturated rings. The van der Waals surface area contributed by atoms with Crippen LogP contribution in [0.4, 0.5) is 17.2 Å². The smallest absolute Gasteiger partial charge is 0.253 e. The Labute approximate surface area is 260 Å². The molecule has 4 heterocycles. The number of hydrogen-bond acceptors (Lipinski definition) is 9. The Hall–Kier alpha value is -5.35. The number of nitrogen functional groups attached to an aromatic ring is 1. The second-order valence-corrected chi connectivity index (χ2v) is 11.7. The van der Waals surface area contributed by atoms with E-state index in [2.05, 4.69) is 56.2 Å². The van der Waals surface area contributed by atoms with E-state index >= 15 is 0 Å². The zero-order valence-electron chi connectivity index (χ0n) is 25.3. The van der Waals surface area contributed by atoms with Crippen LogP contribution in [0, 0.1) is 0 Å². The fourth-order valence-electron chi connectivity index (χ4n) is 6.15. The molecule has 45 heavy (non-hydrogen) atoms. The number of nitrogens with two attached hydrogens (primary N) is 1. The predicted octanol–water partition coefficient (Wildman–Crippen LogP) is 4.47. The Balaban J connectivity index is 1.12. The monoisotopic (exact) mass is 598 g/mol. The maximum atomic E-state index is 12.1. The molecular formula is C35H34N8O2. The summed E-state index contributed by atoms with van der Waals surface area (Å²) in [5.74, 6) is 1.10. The van der Waals surface area contributed by atoms with Gasteiger partial charge in [-0.05, 0) is 54.8 Å². The van der Waals surface area contributed by atoms with Gasteiger partial charge >= 0.3 is 0 Å². The summed E-state index contributed by atoms with van der Waals surface area (Å²) in [6, 6.07) is 26.6. The van der Waals surface area contributed by atoms with Crippen LogP contribution in [-0.2, 0) is 6.54 Å². The van der Waals surface area contributed by atoms with Crippen LogP contribution in [-0.4, -0.2) is 57.6 Å². The second kappa shape index (κ2) is 11.6. The first-order valence-corrected chi connectivity index (χ1v) is 15.1. The SMILES string of the molecule is CN(C)c1c(NC2CCN(Cc3ccc(-n4c(-c5cccnc5N)nc5ccc(-c6ccccc6)nc54)cc3)CC2)c(=O)c1=O. The molecular weight excluding hydrogens is 564 g/mol. The lowest BCUT2D eigenvalue weighted by atomic mass is 10.0. The third kappa shape index (κ3) is 5.33. The number of nitrogens with one attached hydrogen (secondary N) is 1. The first-order chi connectivity index (χ1) is 21.9. The molecule has 0 aliphatic carbocycles. The van der Waals surface area contributed by atoms with Crippen molar-refractivity contribution in [1.82, 2.24) is 24.4 Å². The Morgan fingerprint density at radius 2 is 1.64 bits per heavy atom. The highest BCUT2D eigenvalue weighted by molar-refractivity contribution is 5.84. The van der Waals surface area contributed by atoms with Crippen LogP contribution < -0.4 is 26.8 Å². The molecule has 3 aromatic carbocycles. The number of rotatable bonds is 8. The van der Waals surface area contributed by atoms with Crippen molar-refractivity contribution in [2.75, 3.05) is 43.1 Å². The van der Waals surface area contributed by atoms with Gasteiger partial charge in [-0.25, -0.2) is 15.0 Å². The normalized spacial score (nSPS) is 14.3. The van der Waals surface area contributed by atoms with Gasteiger partial charge in [-0.15, -0.1) is 0 Å². The van der Waals surface area contributed by atoms with Crippen LogP contribution in [0.25, 0.3) is 39.5 Å². The first kappa shape index (κ1) is 28.4. The first-order valence-electron chi connectivity index (χ1n) is 15.1. The van der Waals surface area contributed by atoms with Gasteiger partial charge in [0.2, 0.25) is 0 Å². The van der Waals surface area contributed by atoms with Crippen LogP contribution in [0.1, 0.15) is 18.4 Å². The molecule has 0 unspecified atom stereocenters. The minimum atomic E-state index is -0.409. The lowest BCUT2D eigenvalue weighted by Gasteiger charge is -2.33. The van der Waals surface area contributed by atoms with E-state index in [1.165, 1.54) is 5.56 Å². The summed E-state index contributed by atoms with van der Waals surface area (Å²) in [7, 11) is 3.58. The molecule has 0 bridgehead atoms. The van der Waals surface area contributed by atoms with E-state index in [0.717, 1.165) is 66.1 Å². The zero-order chi connectivity index (χ0) is 31.1. The zero-order valence-corrected chi connectivity index (χ0v) is 25.3. The minimum Gasteiger partial charge on any atom is -0.383 e. The van der Waals surface area contributed by atoms with Crippen molar-refractivity contribution in [2.45, 2.75) is 25.4 Å². The molecule has 0 saturated carbocycles.